The second-order valence-corrected chi connectivity index (χ2v) is 18.8. The number of rotatable bonds is 30. The van der Waals surface area contributed by atoms with Gasteiger partial charge in [-0.25, -0.2) is 0 Å². The Labute approximate surface area is 303 Å². The number of thiol groups is 2. The molecule has 0 fully saturated rings. The van der Waals surface area contributed by atoms with Crippen LogP contribution < -0.4 is 10.2 Å². The van der Waals surface area contributed by atoms with Crippen molar-refractivity contribution in [2.24, 2.45) is 23.7 Å². The molecule has 7 heteroatoms. The summed E-state index contributed by atoms with van der Waals surface area (Å²) in [6, 6.07) is 0. The summed E-state index contributed by atoms with van der Waals surface area (Å²) in [5.74, 6) is -0.352. The Kier molecular flexibility index (Phi) is 45.0. The van der Waals surface area contributed by atoms with Crippen LogP contribution in [0, 0.1) is 23.7 Å². The van der Waals surface area contributed by atoms with Gasteiger partial charge in [-0.3, -0.25) is 0 Å². The molecule has 0 saturated carbocycles. The van der Waals surface area contributed by atoms with E-state index in [4.69, 9.17) is 0 Å². The van der Waals surface area contributed by atoms with E-state index in [0.29, 0.717) is 24.3 Å². The molecule has 0 aliphatic rings. The fourth-order valence-electron chi connectivity index (χ4n) is 4.99. The minimum absolute atomic E-state index is 0.0736. The molecular weight excluding hydrogens is 703 g/mol. The van der Waals surface area contributed by atoms with Crippen molar-refractivity contribution >= 4 is 58.3 Å². The van der Waals surface area contributed by atoms with Gasteiger partial charge in [0.05, 0.1) is 0 Å². The summed E-state index contributed by atoms with van der Waals surface area (Å²) in [6.45, 7) is 13.4. The van der Waals surface area contributed by atoms with Crippen LogP contribution in [0.5, 0.6) is 0 Å². The maximum absolute atomic E-state index is 10.5. The fourth-order valence-corrected chi connectivity index (χ4v) is 9.22. The first-order chi connectivity index (χ1) is 21.6. The monoisotopic (exact) mass is 780 g/mol. The molecule has 0 aliphatic carbocycles. The number of hydrogen-bond acceptors (Lipinski definition) is 6. The summed E-state index contributed by atoms with van der Waals surface area (Å²) >= 11 is 8.06. The van der Waals surface area contributed by atoms with Gasteiger partial charge in [-0.15, -0.1) is 0 Å². The van der Waals surface area contributed by atoms with E-state index < -0.39 is 11.9 Å². The SMILES string of the molecule is CC(C)CCCCCC(CS)C(=O)[O-].CC(C)CCCCCC(CS)C(=O)[O-].CCCCCCC[CH2][Sn+2][CH2]CCCCCCC. The van der Waals surface area contributed by atoms with Crippen molar-refractivity contribution in [2.75, 3.05) is 11.5 Å². The van der Waals surface area contributed by atoms with Crippen LogP contribution >= 0.6 is 25.3 Å². The minimum atomic E-state index is -0.955. The molecule has 0 amide bonds. The Balaban J connectivity index is -0.000000592. The Morgan fingerprint density at radius 2 is 0.778 bits per heavy atom. The van der Waals surface area contributed by atoms with Gasteiger partial charge in [0.25, 0.3) is 0 Å². The van der Waals surface area contributed by atoms with E-state index in [1.165, 1.54) is 89.9 Å². The molecule has 0 bridgehead atoms. The van der Waals surface area contributed by atoms with E-state index in [9.17, 15) is 19.8 Å². The first-order valence-electron chi connectivity index (χ1n) is 18.9. The van der Waals surface area contributed by atoms with E-state index in [1.807, 2.05) is 0 Å². The number of carbonyl (C=O) groups excluding carboxylic acids is 2. The van der Waals surface area contributed by atoms with E-state index in [0.717, 1.165) is 37.5 Å². The summed E-state index contributed by atoms with van der Waals surface area (Å²) in [5, 5.41) is 21.1. The van der Waals surface area contributed by atoms with Crippen molar-refractivity contribution in [2.45, 2.75) is 192 Å². The van der Waals surface area contributed by atoms with Gasteiger partial charge in [0.2, 0.25) is 0 Å². The second kappa shape index (κ2) is 40.6. The summed E-state index contributed by atoms with van der Waals surface area (Å²) in [7, 11) is 0. The van der Waals surface area contributed by atoms with Gasteiger partial charge in [0, 0.05) is 23.8 Å². The summed E-state index contributed by atoms with van der Waals surface area (Å²) in [5.41, 5.74) is 0. The zero-order chi connectivity index (χ0) is 34.6. The maximum atomic E-state index is 10.5. The zero-order valence-electron chi connectivity index (χ0n) is 30.7. The topological polar surface area (TPSA) is 80.3 Å². The van der Waals surface area contributed by atoms with Crippen molar-refractivity contribution in [3.8, 4) is 0 Å². The molecule has 0 heterocycles. The van der Waals surface area contributed by atoms with Crippen LogP contribution in [0.25, 0.3) is 0 Å². The van der Waals surface area contributed by atoms with Crippen molar-refractivity contribution in [3.63, 3.8) is 0 Å². The van der Waals surface area contributed by atoms with Gasteiger partial charge >= 0.3 is 121 Å². The number of hydrogen-bond donors (Lipinski definition) is 2. The standard InChI is InChI=1S/2C11H22O2S.2C8H17.Sn/c2*1-9(2)6-4-3-5-7-10(8-14)11(12)13;2*1-3-5-7-8-6-4-2;/h2*9-10,14H,3-8H2,1-2H3,(H,12,13);2*1,3-8H2,2H3;/q;;;;+2/p-2. The van der Waals surface area contributed by atoms with Crippen molar-refractivity contribution in [1.82, 2.24) is 0 Å². The second-order valence-electron chi connectivity index (χ2n) is 13.7. The molecule has 0 aromatic rings. The van der Waals surface area contributed by atoms with Crippen LogP contribution in [0.15, 0.2) is 0 Å². The number of carbonyl (C=O) groups is 2. The van der Waals surface area contributed by atoms with E-state index in [2.05, 4.69) is 66.8 Å². The average Bonchev–Trinajstić information content (AvgIpc) is 2.99. The van der Waals surface area contributed by atoms with Gasteiger partial charge in [0.15, 0.2) is 0 Å². The third-order valence-corrected chi connectivity index (χ3v) is 13.1. The zero-order valence-corrected chi connectivity index (χ0v) is 35.4. The number of carboxylic acid groups (broad SMARTS) is 2. The van der Waals surface area contributed by atoms with Crippen LogP contribution in [0.3, 0.4) is 0 Å². The van der Waals surface area contributed by atoms with Crippen LogP contribution in [0.1, 0.15) is 183 Å². The molecular formula is C38H76O4S2Sn. The molecule has 0 spiro atoms. The van der Waals surface area contributed by atoms with Crippen LogP contribution in [-0.4, -0.2) is 44.6 Å². The van der Waals surface area contributed by atoms with Crippen molar-refractivity contribution in [3.05, 3.63) is 0 Å². The summed E-state index contributed by atoms with van der Waals surface area (Å²) in [4.78, 5) is 21.1. The third-order valence-electron chi connectivity index (χ3n) is 8.19. The Morgan fingerprint density at radius 1 is 0.489 bits per heavy atom. The summed E-state index contributed by atoms with van der Waals surface area (Å²) in [6.07, 6.45) is 28.3. The van der Waals surface area contributed by atoms with Crippen molar-refractivity contribution < 1.29 is 19.8 Å². The van der Waals surface area contributed by atoms with E-state index in [-0.39, 0.29) is 33.0 Å². The van der Waals surface area contributed by atoms with E-state index >= 15 is 0 Å². The molecule has 0 radical (unpaired) electrons. The molecule has 0 aromatic carbocycles. The molecule has 4 nitrogen and oxygen atoms in total. The molecule has 268 valence electrons. The third kappa shape index (κ3) is 44.4. The van der Waals surface area contributed by atoms with Gasteiger partial charge in [-0.05, 0) is 36.2 Å². The first-order valence-corrected chi connectivity index (χ1v) is 24.2. The van der Waals surface area contributed by atoms with Crippen LogP contribution in [0.2, 0.25) is 8.87 Å². The van der Waals surface area contributed by atoms with Crippen LogP contribution in [0.4, 0.5) is 0 Å². The van der Waals surface area contributed by atoms with Gasteiger partial charge < -0.3 is 19.8 Å². The van der Waals surface area contributed by atoms with Gasteiger partial charge in [-0.2, -0.15) is 25.3 Å². The fraction of sp³-hybridized carbons (Fsp3) is 0.947. The Morgan fingerprint density at radius 3 is 1.07 bits per heavy atom. The molecule has 0 rings (SSSR count). The number of carboxylic acids is 2. The first kappa shape index (κ1) is 49.8. The molecule has 0 saturated heterocycles. The average molecular weight is 780 g/mol. The van der Waals surface area contributed by atoms with Crippen LogP contribution in [-0.2, 0) is 9.59 Å². The molecule has 2 atom stereocenters. The van der Waals surface area contributed by atoms with E-state index in [1.54, 1.807) is 21.7 Å². The Bertz CT molecular complexity index is 554. The Hall–Kier alpha value is 0.439. The summed E-state index contributed by atoms with van der Waals surface area (Å²) < 4.78 is 3.31. The van der Waals surface area contributed by atoms with Gasteiger partial charge in [-0.1, -0.05) is 79.1 Å². The van der Waals surface area contributed by atoms with Gasteiger partial charge in [0.1, 0.15) is 0 Å². The molecule has 0 aliphatic heterocycles. The predicted octanol–water partition coefficient (Wildman–Crippen LogP) is 10.0. The number of aliphatic carboxylic acids is 2. The normalized spacial score (nSPS) is 12.1. The van der Waals surface area contributed by atoms with Crippen molar-refractivity contribution in [1.29, 1.82) is 0 Å². The predicted molar refractivity (Wildman–Crippen MR) is 203 cm³/mol. The number of unbranched alkanes of at least 4 members (excludes halogenated alkanes) is 14. The quantitative estimate of drug-likeness (QED) is 0.0432. The molecule has 0 aromatic heterocycles. The molecule has 0 N–H and O–H groups in total. The molecule has 2 unspecified atom stereocenters. The molecule has 45 heavy (non-hydrogen) atoms.